The molecule has 0 aromatic heterocycles. The Hall–Kier alpha value is -2.24. The van der Waals surface area contributed by atoms with E-state index in [4.69, 9.17) is 0 Å². The first-order valence-electron chi connectivity index (χ1n) is 8.12. The van der Waals surface area contributed by atoms with Gasteiger partial charge in [-0.1, -0.05) is 12.8 Å². The molecule has 6 heteroatoms. The zero-order chi connectivity index (χ0) is 18.3. The fourth-order valence-corrected chi connectivity index (χ4v) is 2.66. The monoisotopic (exact) mass is 334 g/mol. The topological polar surface area (TPSA) is 99.3 Å². The predicted octanol–water partition coefficient (Wildman–Crippen LogP) is 3.28. The maximum Gasteiger partial charge on any atom is 0.164 e. The van der Waals surface area contributed by atoms with Crippen molar-refractivity contribution in [1.82, 2.24) is 0 Å². The molecule has 0 radical (unpaired) electrons. The molecular formula is C18H26N2O4. The maximum atomic E-state index is 11.5. The van der Waals surface area contributed by atoms with Gasteiger partial charge < -0.3 is 10.2 Å². The lowest BCUT2D eigenvalue weighted by atomic mass is 9.91. The van der Waals surface area contributed by atoms with Crippen LogP contribution in [0.25, 0.3) is 0 Å². The Morgan fingerprint density at radius 3 is 1.38 bits per heavy atom. The second-order valence-corrected chi connectivity index (χ2v) is 6.09. The molecule has 6 nitrogen and oxygen atoms in total. The summed E-state index contributed by atoms with van der Waals surface area (Å²) < 4.78 is 0. The molecule has 0 amide bonds. The van der Waals surface area contributed by atoms with E-state index in [1.54, 1.807) is 0 Å². The van der Waals surface area contributed by atoms with Gasteiger partial charge in [0.05, 0.1) is 23.2 Å². The van der Waals surface area contributed by atoms with Gasteiger partial charge >= 0.3 is 0 Å². The Morgan fingerprint density at radius 2 is 1.12 bits per heavy atom. The fraction of sp³-hybridized carbons (Fsp3) is 0.556. The second-order valence-electron chi connectivity index (χ2n) is 6.09. The quantitative estimate of drug-likeness (QED) is 0.442. The lowest BCUT2D eigenvalue weighted by Crippen LogP contribution is -2.27. The van der Waals surface area contributed by atoms with Gasteiger partial charge in [0.25, 0.3) is 0 Å². The van der Waals surface area contributed by atoms with Crippen LogP contribution in [-0.2, 0) is 9.59 Å². The van der Waals surface area contributed by atoms with Crippen molar-refractivity contribution >= 4 is 24.0 Å². The molecule has 1 fully saturated rings. The van der Waals surface area contributed by atoms with E-state index in [1.165, 1.54) is 40.1 Å². The molecule has 1 aliphatic carbocycles. The van der Waals surface area contributed by atoms with Crippen LogP contribution in [0.2, 0.25) is 0 Å². The van der Waals surface area contributed by atoms with Gasteiger partial charge in [0, 0.05) is 12.4 Å². The number of allylic oxidation sites excluding steroid dienone is 4. The van der Waals surface area contributed by atoms with Gasteiger partial charge in [0.15, 0.2) is 11.6 Å². The number of nitrogens with zero attached hydrogens (tertiary/aromatic N) is 2. The van der Waals surface area contributed by atoms with Crippen LogP contribution in [0.3, 0.4) is 0 Å². The van der Waals surface area contributed by atoms with Gasteiger partial charge in [0.2, 0.25) is 0 Å². The second kappa shape index (κ2) is 9.15. The fourth-order valence-electron chi connectivity index (χ4n) is 2.66. The Kier molecular flexibility index (Phi) is 7.55. The first kappa shape index (κ1) is 19.8. The van der Waals surface area contributed by atoms with Crippen LogP contribution in [0.4, 0.5) is 0 Å². The van der Waals surface area contributed by atoms with Crippen LogP contribution >= 0.6 is 0 Å². The number of ketones is 2. The SMILES string of the molecule is CC(=O)C(C=NC1CCCCC1N=CC(C(C)=O)=C(C)O)=C(C)O. The molecular weight excluding hydrogens is 308 g/mol. The van der Waals surface area contributed by atoms with E-state index in [9.17, 15) is 19.8 Å². The number of carbonyl (C=O) groups excluding carboxylic acids is 2. The molecule has 0 spiro atoms. The molecule has 2 unspecified atom stereocenters. The molecule has 0 aliphatic heterocycles. The van der Waals surface area contributed by atoms with Crippen molar-refractivity contribution in [1.29, 1.82) is 0 Å². The van der Waals surface area contributed by atoms with E-state index >= 15 is 0 Å². The van der Waals surface area contributed by atoms with Crippen LogP contribution < -0.4 is 0 Å². The number of aliphatic hydroxyl groups is 2. The van der Waals surface area contributed by atoms with Gasteiger partial charge in [-0.05, 0) is 40.5 Å². The summed E-state index contributed by atoms with van der Waals surface area (Å²) in [5, 5.41) is 19.1. The molecule has 24 heavy (non-hydrogen) atoms. The minimum absolute atomic E-state index is 0.0557. The highest BCUT2D eigenvalue weighted by Crippen LogP contribution is 2.24. The minimum Gasteiger partial charge on any atom is -0.512 e. The van der Waals surface area contributed by atoms with Crippen molar-refractivity contribution in [2.75, 3.05) is 0 Å². The summed E-state index contributed by atoms with van der Waals surface area (Å²) in [6.07, 6.45) is 6.50. The molecule has 1 saturated carbocycles. The maximum absolute atomic E-state index is 11.5. The number of carbonyl (C=O) groups is 2. The van der Waals surface area contributed by atoms with E-state index in [0.29, 0.717) is 0 Å². The lowest BCUT2D eigenvalue weighted by Gasteiger charge is -2.25. The first-order chi connectivity index (χ1) is 11.2. The third kappa shape index (κ3) is 5.76. The molecule has 132 valence electrons. The summed E-state index contributed by atoms with van der Waals surface area (Å²) in [7, 11) is 0. The lowest BCUT2D eigenvalue weighted by molar-refractivity contribution is -0.114. The molecule has 0 aromatic carbocycles. The number of hydrogen-bond donors (Lipinski definition) is 2. The summed E-state index contributed by atoms with van der Waals surface area (Å²) >= 11 is 0. The summed E-state index contributed by atoms with van der Waals surface area (Å²) in [4.78, 5) is 31.9. The number of rotatable bonds is 6. The Morgan fingerprint density at radius 1 is 0.792 bits per heavy atom. The van der Waals surface area contributed by atoms with E-state index in [1.807, 2.05) is 0 Å². The van der Waals surface area contributed by atoms with Crippen LogP contribution in [0.15, 0.2) is 32.6 Å². The van der Waals surface area contributed by atoms with Crippen LogP contribution in [0.5, 0.6) is 0 Å². The zero-order valence-electron chi connectivity index (χ0n) is 14.7. The molecule has 0 aromatic rings. The van der Waals surface area contributed by atoms with Crippen molar-refractivity contribution in [2.45, 2.75) is 65.5 Å². The zero-order valence-corrected chi connectivity index (χ0v) is 14.7. The number of hydrogen-bond acceptors (Lipinski definition) is 6. The summed E-state index contributed by atoms with van der Waals surface area (Å²) in [5.74, 6) is -0.598. The smallest absolute Gasteiger partial charge is 0.164 e. The standard InChI is InChI=1S/C18H26N2O4/c1-11(21)15(12(2)22)9-19-17-7-5-6-8-18(17)20-10-16(13(3)23)14(4)24/h9-10,17-18,21,23H,5-8H2,1-4H3. The molecule has 0 bridgehead atoms. The van der Waals surface area contributed by atoms with E-state index in [-0.39, 0.29) is 46.3 Å². The van der Waals surface area contributed by atoms with Crippen molar-refractivity contribution in [3.05, 3.63) is 22.7 Å². The third-order valence-corrected chi connectivity index (χ3v) is 4.02. The number of aliphatic hydroxyl groups excluding tert-OH is 2. The average molecular weight is 334 g/mol. The minimum atomic E-state index is -0.243. The Labute approximate surface area is 142 Å². The first-order valence-corrected chi connectivity index (χ1v) is 8.12. The largest absolute Gasteiger partial charge is 0.512 e. The molecule has 1 aliphatic rings. The highest BCUT2D eigenvalue weighted by molar-refractivity contribution is 6.13. The average Bonchev–Trinajstić information content (AvgIpc) is 2.47. The van der Waals surface area contributed by atoms with E-state index in [2.05, 4.69) is 9.98 Å². The summed E-state index contributed by atoms with van der Waals surface area (Å²) in [6.45, 7) is 5.66. The molecule has 0 saturated heterocycles. The van der Waals surface area contributed by atoms with E-state index in [0.717, 1.165) is 25.7 Å². The van der Waals surface area contributed by atoms with Crippen molar-refractivity contribution in [3.63, 3.8) is 0 Å². The van der Waals surface area contributed by atoms with Crippen molar-refractivity contribution < 1.29 is 19.8 Å². The van der Waals surface area contributed by atoms with Crippen molar-refractivity contribution in [2.24, 2.45) is 9.98 Å². The van der Waals surface area contributed by atoms with Gasteiger partial charge in [-0.3, -0.25) is 19.6 Å². The highest BCUT2D eigenvalue weighted by atomic mass is 16.3. The Balaban J connectivity index is 2.98. The number of aliphatic imine (C=N–C) groups is 2. The molecule has 2 atom stereocenters. The van der Waals surface area contributed by atoms with Crippen LogP contribution in [0, 0.1) is 0 Å². The summed E-state index contributed by atoms with van der Waals surface area (Å²) in [5.41, 5.74) is 0.387. The van der Waals surface area contributed by atoms with Gasteiger partial charge in [-0.2, -0.15) is 0 Å². The van der Waals surface area contributed by atoms with E-state index < -0.39 is 0 Å². The van der Waals surface area contributed by atoms with Crippen molar-refractivity contribution in [3.8, 4) is 0 Å². The van der Waals surface area contributed by atoms with Gasteiger partial charge in [-0.25, -0.2) is 0 Å². The number of Topliss-reactive ketones (excluding diaryl/α,β-unsaturated/α-hetero) is 2. The van der Waals surface area contributed by atoms with Gasteiger partial charge in [-0.15, -0.1) is 0 Å². The molecule has 1 rings (SSSR count). The summed E-state index contributed by atoms with van der Waals surface area (Å²) in [6, 6.07) is -0.230. The third-order valence-electron chi connectivity index (χ3n) is 4.02. The molecule has 2 N–H and O–H groups in total. The molecule has 0 heterocycles. The van der Waals surface area contributed by atoms with Crippen LogP contribution in [0.1, 0.15) is 53.4 Å². The Bertz CT molecular complexity index is 553. The highest BCUT2D eigenvalue weighted by Gasteiger charge is 2.24. The van der Waals surface area contributed by atoms with Crippen LogP contribution in [-0.4, -0.2) is 46.3 Å². The predicted molar refractivity (Wildman–Crippen MR) is 95.0 cm³/mol. The normalized spacial score (nSPS) is 24.0. The van der Waals surface area contributed by atoms with Gasteiger partial charge in [0.1, 0.15) is 11.5 Å².